The molecule has 6 nitrogen and oxygen atoms in total. The highest BCUT2D eigenvalue weighted by molar-refractivity contribution is 5.71. The Balaban J connectivity index is 4.56. The Morgan fingerprint density at radius 2 is 0.730 bits per heavy atom. The first-order valence-electron chi connectivity index (χ1n) is 25.1. The molecule has 0 bridgehead atoms. The quantitative estimate of drug-likeness (QED) is 0.0200. The lowest BCUT2D eigenvalue weighted by Gasteiger charge is -2.18. The van der Waals surface area contributed by atoms with Crippen molar-refractivity contribution in [3.8, 4) is 0 Å². The van der Waals surface area contributed by atoms with E-state index in [9.17, 15) is 14.4 Å². The van der Waals surface area contributed by atoms with E-state index in [1.807, 2.05) is 18.2 Å². The van der Waals surface area contributed by atoms with Crippen LogP contribution in [0, 0.1) is 0 Å². The molecule has 1 atom stereocenters. The minimum absolute atomic E-state index is 0.121. The number of esters is 3. The topological polar surface area (TPSA) is 78.9 Å². The molecule has 1 unspecified atom stereocenters. The van der Waals surface area contributed by atoms with Crippen LogP contribution in [-0.2, 0) is 28.6 Å². The number of hydrogen-bond acceptors (Lipinski definition) is 6. The van der Waals surface area contributed by atoms with Gasteiger partial charge in [0.05, 0.1) is 0 Å². The van der Waals surface area contributed by atoms with Crippen molar-refractivity contribution in [2.24, 2.45) is 0 Å². The summed E-state index contributed by atoms with van der Waals surface area (Å²) in [6.45, 7) is 6.26. The molecule has 0 aliphatic carbocycles. The van der Waals surface area contributed by atoms with E-state index in [-0.39, 0.29) is 44.0 Å². The second-order valence-electron chi connectivity index (χ2n) is 16.0. The summed E-state index contributed by atoms with van der Waals surface area (Å²) in [6, 6.07) is 0. The molecule has 63 heavy (non-hydrogen) atoms. The lowest BCUT2D eigenvalue weighted by Crippen LogP contribution is -2.30. The maximum Gasteiger partial charge on any atom is 0.306 e. The summed E-state index contributed by atoms with van der Waals surface area (Å²) in [6.07, 6.45) is 69.1. The second kappa shape index (κ2) is 50.5. The third kappa shape index (κ3) is 48.7. The Bertz CT molecular complexity index is 1370. The van der Waals surface area contributed by atoms with Gasteiger partial charge in [-0.2, -0.15) is 0 Å². The number of allylic oxidation sites excluding steroid dienone is 20. The van der Waals surface area contributed by atoms with Gasteiger partial charge >= 0.3 is 17.9 Å². The van der Waals surface area contributed by atoms with E-state index in [0.29, 0.717) is 12.8 Å². The molecule has 0 aromatic carbocycles. The number of carbonyl (C=O) groups is 3. The molecule has 0 rings (SSSR count). The molecule has 6 heteroatoms. The van der Waals surface area contributed by atoms with Gasteiger partial charge in [0.1, 0.15) is 13.2 Å². The van der Waals surface area contributed by atoms with Gasteiger partial charge < -0.3 is 14.2 Å². The van der Waals surface area contributed by atoms with E-state index >= 15 is 0 Å². The minimum atomic E-state index is -0.827. The summed E-state index contributed by atoms with van der Waals surface area (Å²) < 4.78 is 16.7. The predicted molar refractivity (Wildman–Crippen MR) is 269 cm³/mol. The first kappa shape index (κ1) is 58.8. The first-order valence-corrected chi connectivity index (χ1v) is 25.1. The third-order valence-corrected chi connectivity index (χ3v) is 10.0. The Labute approximate surface area is 386 Å². The van der Waals surface area contributed by atoms with E-state index in [1.165, 1.54) is 38.5 Å². The van der Waals surface area contributed by atoms with Gasteiger partial charge in [0, 0.05) is 19.3 Å². The second-order valence-corrected chi connectivity index (χ2v) is 16.0. The summed E-state index contributed by atoms with van der Waals surface area (Å²) in [5.74, 6) is -1.05. The molecule has 0 aliphatic heterocycles. The van der Waals surface area contributed by atoms with Crippen molar-refractivity contribution in [3.05, 3.63) is 122 Å². The molecule has 0 amide bonds. The third-order valence-electron chi connectivity index (χ3n) is 10.0. The Morgan fingerprint density at radius 1 is 0.349 bits per heavy atom. The summed E-state index contributed by atoms with van der Waals surface area (Å²) >= 11 is 0. The van der Waals surface area contributed by atoms with Crippen molar-refractivity contribution in [1.29, 1.82) is 0 Å². The number of ether oxygens (including phenoxy) is 3. The molecular formula is C57H90O6. The molecule has 0 saturated carbocycles. The maximum atomic E-state index is 12.8. The highest BCUT2D eigenvalue weighted by atomic mass is 16.6. The van der Waals surface area contributed by atoms with Gasteiger partial charge in [0.2, 0.25) is 0 Å². The van der Waals surface area contributed by atoms with Crippen LogP contribution in [0.3, 0.4) is 0 Å². The molecule has 0 N–H and O–H groups in total. The van der Waals surface area contributed by atoms with Gasteiger partial charge in [0.15, 0.2) is 6.10 Å². The van der Waals surface area contributed by atoms with Crippen molar-refractivity contribution >= 4 is 17.9 Å². The normalized spacial score (nSPS) is 13.1. The summed E-state index contributed by atoms with van der Waals surface area (Å²) in [5, 5.41) is 0. The molecule has 0 aliphatic rings. The van der Waals surface area contributed by atoms with Crippen molar-refractivity contribution < 1.29 is 28.6 Å². The molecule has 0 aromatic rings. The number of carbonyl (C=O) groups excluding carboxylic acids is 3. The lowest BCUT2D eigenvalue weighted by atomic mass is 10.1. The van der Waals surface area contributed by atoms with Crippen LogP contribution in [-0.4, -0.2) is 37.2 Å². The fourth-order valence-electron chi connectivity index (χ4n) is 6.28. The van der Waals surface area contributed by atoms with Crippen LogP contribution in [0.1, 0.15) is 201 Å². The zero-order valence-corrected chi connectivity index (χ0v) is 40.3. The SMILES string of the molecule is CC\C=C/C=C\C=C/CCCCCCCC(=O)OC(COC(=O)CC/C=C\C/C=C\C/C=C\C/C=C\C/C=C\C/C=C\CC)COC(=O)CCCCC/C=C\CCCCCCCC. The molecule has 0 saturated heterocycles. The van der Waals surface area contributed by atoms with Crippen LogP contribution in [0.15, 0.2) is 122 Å². The maximum absolute atomic E-state index is 12.8. The first-order chi connectivity index (χ1) is 31.0. The van der Waals surface area contributed by atoms with Crippen LogP contribution in [0.5, 0.6) is 0 Å². The number of unbranched alkanes of at least 4 members (excludes halogenated alkanes) is 14. The zero-order valence-electron chi connectivity index (χ0n) is 40.3. The minimum Gasteiger partial charge on any atom is -0.462 e. The summed E-state index contributed by atoms with van der Waals surface area (Å²) in [4.78, 5) is 37.9. The molecular weight excluding hydrogens is 781 g/mol. The van der Waals surface area contributed by atoms with Crippen molar-refractivity contribution in [1.82, 2.24) is 0 Å². The summed E-state index contributed by atoms with van der Waals surface area (Å²) in [7, 11) is 0. The van der Waals surface area contributed by atoms with E-state index in [2.05, 4.69) is 124 Å². The van der Waals surface area contributed by atoms with E-state index in [4.69, 9.17) is 14.2 Å². The van der Waals surface area contributed by atoms with Crippen LogP contribution in [0.2, 0.25) is 0 Å². The molecule has 0 heterocycles. The van der Waals surface area contributed by atoms with Crippen molar-refractivity contribution in [2.45, 2.75) is 207 Å². The van der Waals surface area contributed by atoms with E-state index in [1.54, 1.807) is 0 Å². The Hall–Kier alpha value is -4.19. The fraction of sp³-hybridized carbons (Fsp3) is 0.596. The van der Waals surface area contributed by atoms with Gasteiger partial charge in [-0.1, -0.05) is 200 Å². The average molecular weight is 871 g/mol. The molecule has 0 radical (unpaired) electrons. The van der Waals surface area contributed by atoms with Gasteiger partial charge in [0.25, 0.3) is 0 Å². The van der Waals surface area contributed by atoms with Gasteiger partial charge in [-0.05, 0) is 103 Å². The van der Waals surface area contributed by atoms with Gasteiger partial charge in [-0.15, -0.1) is 0 Å². The van der Waals surface area contributed by atoms with Crippen LogP contribution >= 0.6 is 0 Å². The van der Waals surface area contributed by atoms with Crippen LogP contribution < -0.4 is 0 Å². The van der Waals surface area contributed by atoms with Gasteiger partial charge in [-0.3, -0.25) is 14.4 Å². The number of rotatable bonds is 43. The smallest absolute Gasteiger partial charge is 0.306 e. The van der Waals surface area contributed by atoms with Crippen LogP contribution in [0.4, 0.5) is 0 Å². The van der Waals surface area contributed by atoms with Crippen LogP contribution in [0.25, 0.3) is 0 Å². The largest absolute Gasteiger partial charge is 0.462 e. The Kier molecular flexibility index (Phi) is 47.1. The molecule has 354 valence electrons. The zero-order chi connectivity index (χ0) is 45.8. The van der Waals surface area contributed by atoms with E-state index < -0.39 is 6.10 Å². The average Bonchev–Trinajstić information content (AvgIpc) is 3.28. The molecule has 0 spiro atoms. The summed E-state index contributed by atoms with van der Waals surface area (Å²) in [5.41, 5.74) is 0. The lowest BCUT2D eigenvalue weighted by molar-refractivity contribution is -0.166. The standard InChI is InChI=1S/C57H90O6/c1-4-7-10-13-16-19-22-25-26-27-28-29-30-33-35-38-41-44-47-50-56(59)62-53-54(63-57(60)51-48-45-42-39-36-32-24-21-18-15-12-9-6-3)52-61-55(58)49-46-43-40-37-34-31-23-20-17-14-11-8-5-2/h7,9-10,12,15-16,18-19,21,24-26,28-29,31,33-35,41,44,54H,4-6,8,11,13-14,17,20,22-23,27,30,32,36-40,42-43,45-53H2,1-3H3/b10-7-,12-9-,18-15-,19-16-,24-21-,26-25-,29-28-,34-31-,35-33-,44-41-. The fourth-order valence-corrected chi connectivity index (χ4v) is 6.28. The number of hydrogen-bond donors (Lipinski definition) is 0. The monoisotopic (exact) mass is 871 g/mol. The van der Waals surface area contributed by atoms with E-state index in [0.717, 1.165) is 116 Å². The van der Waals surface area contributed by atoms with Crippen molar-refractivity contribution in [2.75, 3.05) is 13.2 Å². The highest BCUT2D eigenvalue weighted by Crippen LogP contribution is 2.12. The molecule has 0 aromatic heterocycles. The Morgan fingerprint density at radius 3 is 1.25 bits per heavy atom. The predicted octanol–water partition coefficient (Wildman–Crippen LogP) is 16.5. The molecule has 0 fully saturated rings. The van der Waals surface area contributed by atoms with Crippen molar-refractivity contribution in [3.63, 3.8) is 0 Å². The highest BCUT2D eigenvalue weighted by Gasteiger charge is 2.19. The van der Waals surface area contributed by atoms with Gasteiger partial charge in [-0.25, -0.2) is 0 Å².